The lowest BCUT2D eigenvalue weighted by atomic mass is 10.0. The number of terminal acetylenes is 1. The molecular weight excluding hydrogens is 126 g/mol. The van der Waals surface area contributed by atoms with Crippen LogP contribution >= 0.6 is 0 Å². The smallest absolute Gasteiger partial charge is 0.0665 e. The summed E-state index contributed by atoms with van der Waals surface area (Å²) >= 11 is 0. The van der Waals surface area contributed by atoms with Gasteiger partial charge in [0, 0.05) is 13.2 Å². The molecule has 2 nitrogen and oxygen atoms in total. The van der Waals surface area contributed by atoms with E-state index < -0.39 is 0 Å². The number of hydrogen-bond acceptors (Lipinski definition) is 2. The fourth-order valence-electron chi connectivity index (χ4n) is 1.20. The average molecular weight is 139 g/mol. The lowest BCUT2D eigenvalue weighted by Gasteiger charge is -2.08. The zero-order chi connectivity index (χ0) is 7.40. The van der Waals surface area contributed by atoms with Crippen LogP contribution in [0.25, 0.3) is 0 Å². The predicted octanol–water partition coefficient (Wildman–Crippen LogP) is 0.373. The van der Waals surface area contributed by atoms with Gasteiger partial charge in [0.15, 0.2) is 0 Å². The van der Waals surface area contributed by atoms with Crippen LogP contribution in [0.15, 0.2) is 0 Å². The zero-order valence-electron chi connectivity index (χ0n) is 6.05. The highest BCUT2D eigenvalue weighted by Gasteiger charge is 2.17. The molecule has 1 saturated heterocycles. The van der Waals surface area contributed by atoms with Crippen LogP contribution in [0, 0.1) is 18.3 Å². The van der Waals surface area contributed by atoms with Gasteiger partial charge in [-0.3, -0.25) is 0 Å². The highest BCUT2D eigenvalue weighted by Crippen LogP contribution is 2.16. The first-order valence-corrected chi connectivity index (χ1v) is 3.62. The predicted molar refractivity (Wildman–Crippen MR) is 40.4 cm³/mol. The third kappa shape index (κ3) is 2.02. The van der Waals surface area contributed by atoms with Crippen molar-refractivity contribution < 1.29 is 4.74 Å². The van der Waals surface area contributed by atoms with Gasteiger partial charge in [-0.15, -0.1) is 6.42 Å². The Bertz CT molecular complexity index is 133. The van der Waals surface area contributed by atoms with Gasteiger partial charge in [-0.2, -0.15) is 0 Å². The van der Waals surface area contributed by atoms with E-state index >= 15 is 0 Å². The van der Waals surface area contributed by atoms with Crippen molar-refractivity contribution in [3.8, 4) is 12.3 Å². The van der Waals surface area contributed by atoms with E-state index in [9.17, 15) is 0 Å². The van der Waals surface area contributed by atoms with Crippen LogP contribution in [0.4, 0.5) is 0 Å². The second kappa shape index (κ2) is 3.60. The fraction of sp³-hybridized carbons (Fsp3) is 0.750. The highest BCUT2D eigenvalue weighted by molar-refractivity contribution is 4.97. The molecule has 0 radical (unpaired) electrons. The molecule has 1 rings (SSSR count). The van der Waals surface area contributed by atoms with Crippen molar-refractivity contribution in [3.05, 3.63) is 0 Å². The monoisotopic (exact) mass is 139 g/mol. The van der Waals surface area contributed by atoms with Gasteiger partial charge in [-0.1, -0.05) is 5.92 Å². The lowest BCUT2D eigenvalue weighted by molar-refractivity contribution is 0.183. The van der Waals surface area contributed by atoms with E-state index in [4.69, 9.17) is 16.9 Å². The fourth-order valence-corrected chi connectivity index (χ4v) is 1.20. The van der Waals surface area contributed by atoms with Crippen LogP contribution in [-0.4, -0.2) is 19.3 Å². The van der Waals surface area contributed by atoms with Gasteiger partial charge >= 0.3 is 0 Å². The maximum atomic E-state index is 5.56. The molecule has 56 valence electrons. The van der Waals surface area contributed by atoms with E-state index in [-0.39, 0.29) is 6.04 Å². The Kier molecular flexibility index (Phi) is 2.73. The number of rotatable bonds is 2. The van der Waals surface area contributed by atoms with Gasteiger partial charge in [0.2, 0.25) is 0 Å². The number of ether oxygens (including phenoxy) is 1. The van der Waals surface area contributed by atoms with Crippen LogP contribution in [-0.2, 0) is 4.74 Å². The minimum absolute atomic E-state index is 0.0771. The van der Waals surface area contributed by atoms with Gasteiger partial charge in [0.1, 0.15) is 0 Å². The van der Waals surface area contributed by atoms with Crippen molar-refractivity contribution >= 4 is 0 Å². The molecule has 0 aromatic rings. The summed E-state index contributed by atoms with van der Waals surface area (Å²) in [5.74, 6) is 3.12. The van der Waals surface area contributed by atoms with E-state index in [2.05, 4.69) is 5.92 Å². The van der Waals surface area contributed by atoms with Crippen LogP contribution in [0.1, 0.15) is 12.8 Å². The molecule has 2 atom stereocenters. The van der Waals surface area contributed by atoms with Gasteiger partial charge < -0.3 is 10.5 Å². The summed E-state index contributed by atoms with van der Waals surface area (Å²) < 4.78 is 5.18. The molecule has 0 amide bonds. The van der Waals surface area contributed by atoms with Gasteiger partial charge in [0.25, 0.3) is 0 Å². The molecular formula is C8H13NO. The molecule has 1 fully saturated rings. The summed E-state index contributed by atoms with van der Waals surface area (Å²) in [5.41, 5.74) is 5.56. The summed E-state index contributed by atoms with van der Waals surface area (Å²) in [6.45, 7) is 1.72. The molecule has 2 N–H and O–H groups in total. The van der Waals surface area contributed by atoms with Crippen LogP contribution in [0.3, 0.4) is 0 Å². The van der Waals surface area contributed by atoms with Crippen LogP contribution in [0.2, 0.25) is 0 Å². The minimum atomic E-state index is -0.0771. The Balaban J connectivity index is 2.19. The maximum Gasteiger partial charge on any atom is 0.0665 e. The highest BCUT2D eigenvalue weighted by atomic mass is 16.5. The normalized spacial score (nSPS) is 27.8. The third-order valence-corrected chi connectivity index (χ3v) is 1.83. The second-order valence-electron chi connectivity index (χ2n) is 2.74. The van der Waals surface area contributed by atoms with Crippen molar-refractivity contribution in [2.45, 2.75) is 18.9 Å². The molecule has 0 saturated carbocycles. The van der Waals surface area contributed by atoms with E-state index in [1.54, 1.807) is 0 Å². The Morgan fingerprint density at radius 1 is 1.80 bits per heavy atom. The summed E-state index contributed by atoms with van der Waals surface area (Å²) in [6, 6.07) is -0.0771. The van der Waals surface area contributed by atoms with Crippen molar-refractivity contribution in [2.24, 2.45) is 11.7 Å². The Labute approximate surface area is 61.7 Å². The number of nitrogens with two attached hydrogens (primary N) is 1. The second-order valence-corrected chi connectivity index (χ2v) is 2.74. The summed E-state index contributed by atoms with van der Waals surface area (Å²) in [6.07, 6.45) is 7.17. The van der Waals surface area contributed by atoms with Crippen LogP contribution in [0.5, 0.6) is 0 Å². The molecule has 1 heterocycles. The van der Waals surface area contributed by atoms with E-state index in [1.165, 1.54) is 0 Å². The molecule has 1 aliphatic rings. The first-order valence-electron chi connectivity index (χ1n) is 3.62. The largest absolute Gasteiger partial charge is 0.381 e. The molecule has 2 unspecified atom stereocenters. The topological polar surface area (TPSA) is 35.2 Å². The molecule has 1 aliphatic heterocycles. The zero-order valence-corrected chi connectivity index (χ0v) is 6.05. The van der Waals surface area contributed by atoms with E-state index in [1.807, 2.05) is 0 Å². The van der Waals surface area contributed by atoms with Crippen molar-refractivity contribution in [3.63, 3.8) is 0 Å². The standard InChI is InChI=1S/C8H13NO/c1-2-8(9)5-7-3-4-10-6-7/h1,7-8H,3-6,9H2. The Morgan fingerprint density at radius 3 is 3.10 bits per heavy atom. The molecule has 0 bridgehead atoms. The van der Waals surface area contributed by atoms with Crippen molar-refractivity contribution in [1.82, 2.24) is 0 Å². The molecule has 0 aliphatic carbocycles. The van der Waals surface area contributed by atoms with Crippen molar-refractivity contribution in [1.29, 1.82) is 0 Å². The number of hydrogen-bond donors (Lipinski definition) is 1. The lowest BCUT2D eigenvalue weighted by Crippen LogP contribution is -2.21. The first kappa shape index (κ1) is 7.59. The molecule has 0 aromatic heterocycles. The Hall–Kier alpha value is -0.520. The summed E-state index contributed by atoms with van der Waals surface area (Å²) in [7, 11) is 0. The minimum Gasteiger partial charge on any atom is -0.381 e. The van der Waals surface area contributed by atoms with Crippen molar-refractivity contribution in [2.75, 3.05) is 13.2 Å². The summed E-state index contributed by atoms with van der Waals surface area (Å²) in [4.78, 5) is 0. The maximum absolute atomic E-state index is 5.56. The quantitative estimate of drug-likeness (QED) is 0.561. The van der Waals surface area contributed by atoms with Gasteiger partial charge in [-0.25, -0.2) is 0 Å². The third-order valence-electron chi connectivity index (χ3n) is 1.83. The molecule has 0 aromatic carbocycles. The SMILES string of the molecule is C#CC(N)CC1CCOC1. The average Bonchev–Trinajstić information content (AvgIpc) is 2.40. The van der Waals surface area contributed by atoms with Gasteiger partial charge in [-0.05, 0) is 18.8 Å². The molecule has 0 spiro atoms. The Morgan fingerprint density at radius 2 is 2.60 bits per heavy atom. The van der Waals surface area contributed by atoms with Gasteiger partial charge in [0.05, 0.1) is 6.04 Å². The summed E-state index contributed by atoms with van der Waals surface area (Å²) in [5, 5.41) is 0. The first-order chi connectivity index (χ1) is 4.83. The van der Waals surface area contributed by atoms with E-state index in [0.29, 0.717) is 5.92 Å². The molecule has 10 heavy (non-hydrogen) atoms. The molecule has 2 heteroatoms. The van der Waals surface area contributed by atoms with E-state index in [0.717, 1.165) is 26.1 Å². The van der Waals surface area contributed by atoms with Crippen LogP contribution < -0.4 is 5.73 Å².